The van der Waals surface area contributed by atoms with Crippen molar-refractivity contribution in [3.05, 3.63) is 35.6 Å². The molecule has 0 bridgehead atoms. The molecule has 0 saturated heterocycles. The minimum absolute atomic E-state index is 0.0535. The Hall–Kier alpha value is -2.14. The number of halogens is 1. The molecule has 20 heavy (non-hydrogen) atoms. The lowest BCUT2D eigenvalue weighted by Crippen LogP contribution is -2.06. The van der Waals surface area contributed by atoms with E-state index in [9.17, 15) is 0 Å². The minimum Gasteiger partial charge on any atom is -0.490 e. The SMILES string of the molecule is CC(C)Oc1cc(Cl)ccc1-c1cnc2[nH]ncc2n1. The van der Waals surface area contributed by atoms with E-state index in [1.807, 2.05) is 26.0 Å². The van der Waals surface area contributed by atoms with Crippen molar-refractivity contribution in [1.82, 2.24) is 20.2 Å². The molecule has 0 saturated carbocycles. The van der Waals surface area contributed by atoms with Crippen molar-refractivity contribution in [2.45, 2.75) is 20.0 Å². The van der Waals surface area contributed by atoms with Crippen LogP contribution in [0.25, 0.3) is 22.4 Å². The number of aromatic amines is 1. The summed E-state index contributed by atoms with van der Waals surface area (Å²) >= 11 is 6.03. The number of benzene rings is 1. The molecule has 2 aromatic heterocycles. The van der Waals surface area contributed by atoms with Crippen LogP contribution in [0.5, 0.6) is 5.75 Å². The zero-order valence-corrected chi connectivity index (χ0v) is 11.8. The third-order valence-corrected chi connectivity index (χ3v) is 2.97. The number of ether oxygens (including phenoxy) is 1. The maximum Gasteiger partial charge on any atom is 0.174 e. The maximum atomic E-state index is 6.03. The molecule has 6 heteroatoms. The van der Waals surface area contributed by atoms with Gasteiger partial charge in [0.2, 0.25) is 0 Å². The van der Waals surface area contributed by atoms with E-state index < -0.39 is 0 Å². The molecule has 0 aliphatic carbocycles. The van der Waals surface area contributed by atoms with Crippen molar-refractivity contribution < 1.29 is 4.74 Å². The van der Waals surface area contributed by atoms with Gasteiger partial charge in [0.25, 0.3) is 0 Å². The molecule has 0 aliphatic rings. The lowest BCUT2D eigenvalue weighted by molar-refractivity contribution is 0.243. The smallest absolute Gasteiger partial charge is 0.174 e. The van der Waals surface area contributed by atoms with Crippen molar-refractivity contribution in [2.75, 3.05) is 0 Å². The molecular weight excluding hydrogens is 276 g/mol. The molecule has 0 amide bonds. The summed E-state index contributed by atoms with van der Waals surface area (Å²) in [5, 5.41) is 7.32. The summed E-state index contributed by atoms with van der Waals surface area (Å²) in [5.74, 6) is 0.699. The van der Waals surface area contributed by atoms with Gasteiger partial charge in [0.05, 0.1) is 24.2 Å². The molecule has 0 radical (unpaired) electrons. The molecule has 3 rings (SSSR count). The quantitative estimate of drug-likeness (QED) is 0.801. The van der Waals surface area contributed by atoms with Crippen LogP contribution in [0.3, 0.4) is 0 Å². The third-order valence-electron chi connectivity index (χ3n) is 2.74. The summed E-state index contributed by atoms with van der Waals surface area (Å²) in [6.45, 7) is 3.94. The van der Waals surface area contributed by atoms with Gasteiger partial charge in [-0.25, -0.2) is 9.97 Å². The first-order chi connectivity index (χ1) is 9.63. The first-order valence-corrected chi connectivity index (χ1v) is 6.64. The fourth-order valence-electron chi connectivity index (χ4n) is 1.92. The van der Waals surface area contributed by atoms with Crippen LogP contribution in [-0.4, -0.2) is 26.3 Å². The molecule has 1 N–H and O–H groups in total. The van der Waals surface area contributed by atoms with Gasteiger partial charge >= 0.3 is 0 Å². The average molecular weight is 289 g/mol. The van der Waals surface area contributed by atoms with E-state index in [1.54, 1.807) is 18.5 Å². The first-order valence-electron chi connectivity index (χ1n) is 6.26. The Kier molecular flexibility index (Phi) is 3.28. The number of H-pyrrole nitrogens is 1. The Morgan fingerprint density at radius 3 is 2.90 bits per heavy atom. The van der Waals surface area contributed by atoms with E-state index in [2.05, 4.69) is 20.2 Å². The highest BCUT2D eigenvalue weighted by Gasteiger charge is 2.12. The van der Waals surface area contributed by atoms with Crippen LogP contribution in [0.1, 0.15) is 13.8 Å². The van der Waals surface area contributed by atoms with Crippen LogP contribution in [0, 0.1) is 0 Å². The lowest BCUT2D eigenvalue weighted by Gasteiger charge is -2.14. The molecule has 0 atom stereocenters. The predicted molar refractivity (Wildman–Crippen MR) is 77.9 cm³/mol. The van der Waals surface area contributed by atoms with Crippen LogP contribution in [0.2, 0.25) is 5.02 Å². The molecular formula is C14H13ClN4O. The Labute approximate surface area is 121 Å². The van der Waals surface area contributed by atoms with Crippen molar-refractivity contribution in [3.8, 4) is 17.0 Å². The number of hydrogen-bond acceptors (Lipinski definition) is 4. The Morgan fingerprint density at radius 2 is 2.10 bits per heavy atom. The lowest BCUT2D eigenvalue weighted by atomic mass is 10.1. The van der Waals surface area contributed by atoms with E-state index in [-0.39, 0.29) is 6.10 Å². The van der Waals surface area contributed by atoms with Crippen LogP contribution in [-0.2, 0) is 0 Å². The molecule has 102 valence electrons. The second-order valence-electron chi connectivity index (χ2n) is 4.67. The normalized spacial score (nSPS) is 11.2. The van der Waals surface area contributed by atoms with Gasteiger partial charge in [-0.2, -0.15) is 5.10 Å². The van der Waals surface area contributed by atoms with E-state index in [0.29, 0.717) is 21.9 Å². The van der Waals surface area contributed by atoms with Gasteiger partial charge in [-0.1, -0.05) is 11.6 Å². The number of aromatic nitrogens is 4. The van der Waals surface area contributed by atoms with Crippen LogP contribution < -0.4 is 4.74 Å². The zero-order valence-electron chi connectivity index (χ0n) is 11.1. The molecule has 1 aromatic carbocycles. The van der Waals surface area contributed by atoms with Gasteiger partial charge in [0.1, 0.15) is 11.3 Å². The van der Waals surface area contributed by atoms with Gasteiger partial charge < -0.3 is 4.74 Å². The van der Waals surface area contributed by atoms with Crippen LogP contribution >= 0.6 is 11.6 Å². The first kappa shape index (κ1) is 12.9. The third kappa shape index (κ3) is 2.44. The second kappa shape index (κ2) is 5.09. The summed E-state index contributed by atoms with van der Waals surface area (Å²) < 4.78 is 5.80. The number of fused-ring (bicyclic) bond motifs is 1. The summed E-state index contributed by atoms with van der Waals surface area (Å²) in [6, 6.07) is 5.49. The molecule has 0 unspecified atom stereocenters. The molecule has 5 nitrogen and oxygen atoms in total. The number of hydrogen-bond donors (Lipinski definition) is 1. The highest BCUT2D eigenvalue weighted by atomic mass is 35.5. The maximum absolute atomic E-state index is 6.03. The van der Waals surface area contributed by atoms with Crippen molar-refractivity contribution in [3.63, 3.8) is 0 Å². The Bertz CT molecular complexity index is 754. The van der Waals surface area contributed by atoms with E-state index >= 15 is 0 Å². The number of nitrogens with zero attached hydrogens (tertiary/aromatic N) is 3. The van der Waals surface area contributed by atoms with E-state index in [4.69, 9.17) is 16.3 Å². The van der Waals surface area contributed by atoms with Gasteiger partial charge in [0.15, 0.2) is 5.65 Å². The molecule has 3 aromatic rings. The fourth-order valence-corrected chi connectivity index (χ4v) is 2.09. The van der Waals surface area contributed by atoms with Gasteiger partial charge in [-0.15, -0.1) is 0 Å². The Morgan fingerprint density at radius 1 is 1.25 bits per heavy atom. The molecule has 0 aliphatic heterocycles. The summed E-state index contributed by atoms with van der Waals surface area (Å²) in [5.41, 5.74) is 2.96. The summed E-state index contributed by atoms with van der Waals surface area (Å²) in [6.07, 6.45) is 3.39. The highest BCUT2D eigenvalue weighted by Crippen LogP contribution is 2.32. The molecule has 0 fully saturated rings. The highest BCUT2D eigenvalue weighted by molar-refractivity contribution is 6.30. The largest absolute Gasteiger partial charge is 0.490 e. The number of nitrogens with one attached hydrogen (secondary N) is 1. The molecule has 2 heterocycles. The standard InChI is InChI=1S/C14H13ClN4O/c1-8(2)20-13-5-9(15)3-4-10(13)11-6-16-14-12(18-11)7-17-19-14/h3-8H,1-2H3,(H,16,17,19). The minimum atomic E-state index is 0.0535. The molecule has 0 spiro atoms. The topological polar surface area (TPSA) is 63.7 Å². The number of rotatable bonds is 3. The Balaban J connectivity index is 2.12. The zero-order chi connectivity index (χ0) is 14.1. The van der Waals surface area contributed by atoms with Crippen molar-refractivity contribution in [1.29, 1.82) is 0 Å². The van der Waals surface area contributed by atoms with Crippen molar-refractivity contribution in [2.24, 2.45) is 0 Å². The van der Waals surface area contributed by atoms with E-state index in [1.165, 1.54) is 0 Å². The van der Waals surface area contributed by atoms with E-state index in [0.717, 1.165) is 11.3 Å². The van der Waals surface area contributed by atoms with Gasteiger partial charge in [-0.05, 0) is 32.0 Å². The van der Waals surface area contributed by atoms with Crippen LogP contribution in [0.4, 0.5) is 0 Å². The average Bonchev–Trinajstić information content (AvgIpc) is 2.85. The van der Waals surface area contributed by atoms with Gasteiger partial charge in [0, 0.05) is 10.6 Å². The second-order valence-corrected chi connectivity index (χ2v) is 5.10. The van der Waals surface area contributed by atoms with Gasteiger partial charge in [-0.3, -0.25) is 5.10 Å². The fraction of sp³-hybridized carbons (Fsp3) is 0.214. The summed E-state index contributed by atoms with van der Waals surface area (Å²) in [4.78, 5) is 8.81. The summed E-state index contributed by atoms with van der Waals surface area (Å²) in [7, 11) is 0. The van der Waals surface area contributed by atoms with Crippen LogP contribution in [0.15, 0.2) is 30.6 Å². The van der Waals surface area contributed by atoms with Crippen molar-refractivity contribution >= 4 is 22.8 Å². The monoisotopic (exact) mass is 288 g/mol. The predicted octanol–water partition coefficient (Wildman–Crippen LogP) is 3.46.